The van der Waals surface area contributed by atoms with Crippen molar-refractivity contribution in [2.45, 2.75) is 11.7 Å². The number of ether oxygens (including phenoxy) is 1. The molecule has 0 spiro atoms. The molecule has 7 nitrogen and oxygen atoms in total. The number of hydrogen-bond donors (Lipinski definition) is 1. The topological polar surface area (TPSA) is 74.0 Å². The maximum atomic E-state index is 12.5. The number of rotatable bonds is 4. The monoisotopic (exact) mass is 355 g/mol. The van der Waals surface area contributed by atoms with Gasteiger partial charge in [0.2, 0.25) is 5.88 Å². The van der Waals surface area contributed by atoms with Gasteiger partial charge in [0.15, 0.2) is 5.16 Å². The minimum Gasteiger partial charge on any atom is -0.479 e. The third kappa shape index (κ3) is 3.00. The van der Waals surface area contributed by atoms with Crippen molar-refractivity contribution in [2.24, 2.45) is 7.05 Å². The van der Waals surface area contributed by atoms with E-state index < -0.39 is 0 Å². The van der Waals surface area contributed by atoms with Crippen LogP contribution in [0.1, 0.15) is 10.4 Å². The Balaban J connectivity index is 1.58. The first-order valence-electron chi connectivity index (χ1n) is 7.83. The van der Waals surface area contributed by atoms with Gasteiger partial charge in [-0.05, 0) is 12.1 Å². The molecule has 2 aromatic heterocycles. The summed E-state index contributed by atoms with van der Waals surface area (Å²) in [6.07, 6.45) is 3.69. The minimum atomic E-state index is -0.259. The van der Waals surface area contributed by atoms with E-state index in [4.69, 9.17) is 4.74 Å². The lowest BCUT2D eigenvalue weighted by Crippen LogP contribution is -2.12. The molecule has 1 aromatic carbocycles. The van der Waals surface area contributed by atoms with Crippen LogP contribution in [0.5, 0.6) is 5.88 Å². The molecule has 0 unspecified atom stereocenters. The number of thioether (sulfide) groups is 1. The molecule has 1 aliphatic rings. The van der Waals surface area contributed by atoms with Gasteiger partial charge in [-0.2, -0.15) is 0 Å². The number of carbonyl (C=O) groups is 1. The van der Waals surface area contributed by atoms with E-state index in [0.717, 1.165) is 28.7 Å². The van der Waals surface area contributed by atoms with Crippen molar-refractivity contribution >= 4 is 23.4 Å². The number of methoxy groups -OCH3 is 1. The normalized spacial score (nSPS) is 12.9. The van der Waals surface area contributed by atoms with E-state index in [1.807, 2.05) is 24.3 Å². The van der Waals surface area contributed by atoms with Gasteiger partial charge < -0.3 is 14.6 Å². The molecule has 1 N–H and O–H groups in total. The average molecular weight is 355 g/mol. The third-order valence-corrected chi connectivity index (χ3v) is 4.92. The summed E-state index contributed by atoms with van der Waals surface area (Å²) in [5, 5.41) is 8.04. The Labute approximate surface area is 149 Å². The first kappa shape index (κ1) is 15.8. The molecule has 4 rings (SSSR count). The van der Waals surface area contributed by atoms with Crippen LogP contribution >= 0.6 is 11.8 Å². The molecule has 0 aliphatic carbocycles. The maximum Gasteiger partial charge on any atom is 0.262 e. The number of nitrogens with one attached hydrogen (secondary N) is 1. The zero-order valence-corrected chi connectivity index (χ0v) is 14.7. The van der Waals surface area contributed by atoms with Gasteiger partial charge >= 0.3 is 0 Å². The standard InChI is InChI=1S/C17H17N5O2S/c1-21-9-13(16(20-21)24-2)15(23)18-12-5-3-4-11(8-12)14-10-22-6-7-25-17(22)19-14/h3-5,8-10H,6-7H2,1-2H3,(H,18,23). The Hall–Kier alpha value is -2.74. The average Bonchev–Trinajstić information content (AvgIpc) is 3.28. The Morgan fingerprint density at radius 3 is 3.04 bits per heavy atom. The zero-order valence-electron chi connectivity index (χ0n) is 13.9. The highest BCUT2D eigenvalue weighted by Crippen LogP contribution is 2.30. The third-order valence-electron chi connectivity index (χ3n) is 3.95. The maximum absolute atomic E-state index is 12.5. The highest BCUT2D eigenvalue weighted by atomic mass is 32.2. The molecule has 1 amide bonds. The predicted molar refractivity (Wildman–Crippen MR) is 96.1 cm³/mol. The summed E-state index contributed by atoms with van der Waals surface area (Å²) >= 11 is 1.76. The van der Waals surface area contributed by atoms with Crippen LogP contribution in [0.2, 0.25) is 0 Å². The first-order valence-corrected chi connectivity index (χ1v) is 8.82. The SMILES string of the molecule is COc1nn(C)cc1C(=O)Nc1cccc(-c2cn3c(n2)SCC3)c1. The molecule has 0 saturated carbocycles. The van der Waals surface area contributed by atoms with Crippen molar-refractivity contribution in [1.29, 1.82) is 0 Å². The lowest BCUT2D eigenvalue weighted by atomic mass is 10.1. The van der Waals surface area contributed by atoms with Crippen molar-refractivity contribution < 1.29 is 9.53 Å². The molecule has 0 atom stereocenters. The summed E-state index contributed by atoms with van der Waals surface area (Å²) in [5.41, 5.74) is 2.98. The van der Waals surface area contributed by atoms with Crippen LogP contribution < -0.4 is 10.1 Å². The van der Waals surface area contributed by atoms with Gasteiger partial charge in [0.25, 0.3) is 5.91 Å². The number of benzene rings is 1. The molecular formula is C17H17N5O2S. The molecule has 0 bridgehead atoms. The van der Waals surface area contributed by atoms with Gasteiger partial charge in [-0.3, -0.25) is 9.48 Å². The molecule has 3 aromatic rings. The van der Waals surface area contributed by atoms with Crippen LogP contribution in [0.25, 0.3) is 11.3 Å². The number of imidazole rings is 1. The number of anilines is 1. The number of hydrogen-bond acceptors (Lipinski definition) is 5. The van der Waals surface area contributed by atoms with Crippen LogP contribution in [0.15, 0.2) is 41.8 Å². The van der Waals surface area contributed by atoms with Crippen molar-refractivity contribution in [3.05, 3.63) is 42.2 Å². The van der Waals surface area contributed by atoms with Crippen molar-refractivity contribution in [2.75, 3.05) is 18.2 Å². The zero-order chi connectivity index (χ0) is 17.4. The Kier molecular flexibility index (Phi) is 3.96. The van der Waals surface area contributed by atoms with Crippen LogP contribution in [-0.4, -0.2) is 38.1 Å². The van der Waals surface area contributed by atoms with Gasteiger partial charge in [-0.1, -0.05) is 23.9 Å². The lowest BCUT2D eigenvalue weighted by Gasteiger charge is -2.06. The Bertz CT molecular complexity index is 925. The van der Waals surface area contributed by atoms with E-state index in [1.165, 1.54) is 7.11 Å². The largest absolute Gasteiger partial charge is 0.479 e. The summed E-state index contributed by atoms with van der Waals surface area (Å²) in [4.78, 5) is 17.2. The molecule has 8 heteroatoms. The smallest absolute Gasteiger partial charge is 0.262 e. The molecule has 0 fully saturated rings. The predicted octanol–water partition coefficient (Wildman–Crippen LogP) is 2.65. The van der Waals surface area contributed by atoms with Crippen LogP contribution in [-0.2, 0) is 13.6 Å². The summed E-state index contributed by atoms with van der Waals surface area (Å²) in [6, 6.07) is 7.66. The minimum absolute atomic E-state index is 0.259. The van der Waals surface area contributed by atoms with E-state index in [9.17, 15) is 4.79 Å². The highest BCUT2D eigenvalue weighted by molar-refractivity contribution is 7.99. The van der Waals surface area contributed by atoms with E-state index in [0.29, 0.717) is 17.1 Å². The first-order chi connectivity index (χ1) is 12.1. The van der Waals surface area contributed by atoms with Crippen LogP contribution in [0.4, 0.5) is 5.69 Å². The van der Waals surface area contributed by atoms with Gasteiger partial charge in [-0.25, -0.2) is 4.98 Å². The fourth-order valence-corrected chi connectivity index (χ4v) is 3.72. The summed E-state index contributed by atoms with van der Waals surface area (Å²) in [7, 11) is 3.24. The molecule has 25 heavy (non-hydrogen) atoms. The van der Waals surface area contributed by atoms with E-state index in [1.54, 1.807) is 29.7 Å². The number of fused-ring (bicyclic) bond motifs is 1. The summed E-state index contributed by atoms with van der Waals surface area (Å²) in [5.74, 6) is 1.12. The number of amides is 1. The molecule has 3 heterocycles. The van der Waals surface area contributed by atoms with Gasteiger partial charge in [0, 0.05) is 43.0 Å². The quantitative estimate of drug-likeness (QED) is 0.779. The number of nitrogens with zero attached hydrogens (tertiary/aromatic N) is 4. The summed E-state index contributed by atoms with van der Waals surface area (Å²) < 4.78 is 8.85. The lowest BCUT2D eigenvalue weighted by molar-refractivity contribution is 0.102. The Morgan fingerprint density at radius 1 is 1.36 bits per heavy atom. The molecular weight excluding hydrogens is 338 g/mol. The van der Waals surface area contributed by atoms with Gasteiger partial charge in [0.1, 0.15) is 5.56 Å². The number of carbonyl (C=O) groups excluding carboxylic acids is 1. The highest BCUT2D eigenvalue weighted by Gasteiger charge is 2.18. The number of aryl methyl sites for hydroxylation is 2. The summed E-state index contributed by atoms with van der Waals surface area (Å²) in [6.45, 7) is 0.990. The second-order valence-corrected chi connectivity index (χ2v) is 6.77. The molecule has 0 saturated heterocycles. The van der Waals surface area contributed by atoms with Gasteiger partial charge in [0.05, 0.1) is 12.8 Å². The van der Waals surface area contributed by atoms with E-state index in [-0.39, 0.29) is 5.91 Å². The fourth-order valence-electron chi connectivity index (χ4n) is 2.78. The second kappa shape index (κ2) is 6.29. The van der Waals surface area contributed by atoms with Crippen LogP contribution in [0, 0.1) is 0 Å². The fraction of sp³-hybridized carbons (Fsp3) is 0.235. The number of aromatic nitrogens is 4. The molecule has 0 radical (unpaired) electrons. The van der Waals surface area contributed by atoms with Crippen molar-refractivity contribution in [3.63, 3.8) is 0 Å². The Morgan fingerprint density at radius 2 is 2.24 bits per heavy atom. The molecule has 128 valence electrons. The van der Waals surface area contributed by atoms with E-state index in [2.05, 4.69) is 26.2 Å². The second-order valence-electron chi connectivity index (χ2n) is 5.71. The van der Waals surface area contributed by atoms with Crippen LogP contribution in [0.3, 0.4) is 0 Å². The van der Waals surface area contributed by atoms with Gasteiger partial charge in [-0.15, -0.1) is 5.10 Å². The van der Waals surface area contributed by atoms with E-state index >= 15 is 0 Å². The van der Waals surface area contributed by atoms with Crippen molar-refractivity contribution in [1.82, 2.24) is 19.3 Å². The molecule has 1 aliphatic heterocycles. The van der Waals surface area contributed by atoms with Crippen molar-refractivity contribution in [3.8, 4) is 17.1 Å².